The minimum Gasteiger partial charge on any atom is -0.368 e. The van der Waals surface area contributed by atoms with Crippen LogP contribution in [0, 0.1) is 6.92 Å². The molecule has 5 heteroatoms. The maximum Gasteiger partial charge on any atom is 0.255 e. The second-order valence-corrected chi connectivity index (χ2v) is 7.71. The number of primary amides is 1. The molecule has 2 amide bonds. The third-order valence-electron chi connectivity index (χ3n) is 5.74. The average Bonchev–Trinajstić information content (AvgIpc) is 3.24. The normalized spacial score (nSPS) is 15.6. The van der Waals surface area contributed by atoms with Crippen molar-refractivity contribution in [2.24, 2.45) is 5.73 Å². The zero-order valence-corrected chi connectivity index (χ0v) is 16.6. The van der Waals surface area contributed by atoms with Gasteiger partial charge in [-0.05, 0) is 30.2 Å². The number of carbonyl (C=O) groups is 2. The Morgan fingerprint density at radius 1 is 1.00 bits per heavy atom. The topological polar surface area (TPSA) is 79.2 Å². The molecule has 30 heavy (non-hydrogen) atoms. The van der Waals surface area contributed by atoms with Crippen LogP contribution >= 0.6 is 0 Å². The molecular formula is C25H21N3O2. The van der Waals surface area contributed by atoms with E-state index in [1.54, 1.807) is 4.90 Å². The zero-order valence-electron chi connectivity index (χ0n) is 16.6. The number of carbonyl (C=O) groups excluding carboxylic acids is 2. The molecule has 1 aliphatic heterocycles. The maximum atomic E-state index is 13.2. The standard InChI is InChI=1S/C25H21N3O2/c1-15-10-12-16(13-11-15)23-22(19-8-4-5-9-20(19)27-23)24-17-6-2-3-7-18(17)25(30)28(24)14-21(26)29/h2-13,24,27H,14H2,1H3,(H2,26,29)/t24-/m0/s1. The Hall–Kier alpha value is -3.86. The van der Waals surface area contributed by atoms with Gasteiger partial charge in [-0.15, -0.1) is 0 Å². The van der Waals surface area contributed by atoms with Crippen LogP contribution in [-0.2, 0) is 4.79 Å². The first-order valence-corrected chi connectivity index (χ1v) is 9.90. The summed E-state index contributed by atoms with van der Waals surface area (Å²) in [6, 6.07) is 23.5. The summed E-state index contributed by atoms with van der Waals surface area (Å²) >= 11 is 0. The van der Waals surface area contributed by atoms with Gasteiger partial charge in [0.1, 0.15) is 6.54 Å². The number of H-pyrrole nitrogens is 1. The van der Waals surface area contributed by atoms with E-state index in [1.807, 2.05) is 48.5 Å². The van der Waals surface area contributed by atoms with Gasteiger partial charge in [0.25, 0.3) is 5.91 Å². The number of nitrogens with two attached hydrogens (primary N) is 1. The second-order valence-electron chi connectivity index (χ2n) is 7.71. The first kappa shape index (κ1) is 18.2. The van der Waals surface area contributed by atoms with E-state index in [-0.39, 0.29) is 12.5 Å². The molecule has 1 aromatic heterocycles. The molecule has 0 unspecified atom stereocenters. The summed E-state index contributed by atoms with van der Waals surface area (Å²) < 4.78 is 0. The van der Waals surface area contributed by atoms with Gasteiger partial charge in [-0.25, -0.2) is 0 Å². The minimum atomic E-state index is -0.530. The lowest BCUT2D eigenvalue weighted by Crippen LogP contribution is -2.37. The van der Waals surface area contributed by atoms with Crippen molar-refractivity contribution >= 4 is 22.7 Å². The number of amides is 2. The maximum absolute atomic E-state index is 13.2. The molecule has 0 saturated carbocycles. The number of hydrogen-bond donors (Lipinski definition) is 2. The Labute approximate surface area is 174 Å². The molecule has 5 nitrogen and oxygen atoms in total. The van der Waals surface area contributed by atoms with Crippen molar-refractivity contribution in [3.8, 4) is 11.3 Å². The second kappa shape index (κ2) is 6.88. The number of aryl methyl sites for hydroxylation is 1. The number of para-hydroxylation sites is 1. The summed E-state index contributed by atoms with van der Waals surface area (Å²) in [4.78, 5) is 30.1. The Balaban J connectivity index is 1.80. The van der Waals surface area contributed by atoms with E-state index in [0.717, 1.165) is 33.3 Å². The molecule has 148 valence electrons. The van der Waals surface area contributed by atoms with Crippen LogP contribution in [0.5, 0.6) is 0 Å². The molecule has 0 fully saturated rings. The lowest BCUT2D eigenvalue weighted by Gasteiger charge is -2.25. The van der Waals surface area contributed by atoms with E-state index in [4.69, 9.17) is 5.73 Å². The van der Waals surface area contributed by atoms with Gasteiger partial charge in [0.2, 0.25) is 5.91 Å². The molecule has 0 aliphatic carbocycles. The summed E-state index contributed by atoms with van der Waals surface area (Å²) in [5, 5.41) is 1.03. The highest BCUT2D eigenvalue weighted by atomic mass is 16.2. The van der Waals surface area contributed by atoms with Crippen LogP contribution in [0.15, 0.2) is 72.8 Å². The quantitative estimate of drug-likeness (QED) is 0.544. The predicted molar refractivity (Wildman–Crippen MR) is 117 cm³/mol. The Morgan fingerprint density at radius 2 is 1.70 bits per heavy atom. The van der Waals surface area contributed by atoms with Crippen LogP contribution in [0.2, 0.25) is 0 Å². The molecular weight excluding hydrogens is 374 g/mol. The molecule has 2 heterocycles. The fourth-order valence-electron chi connectivity index (χ4n) is 4.41. The van der Waals surface area contributed by atoms with Crippen molar-refractivity contribution < 1.29 is 9.59 Å². The molecule has 1 atom stereocenters. The number of nitrogens with zero attached hydrogens (tertiary/aromatic N) is 1. The molecule has 5 rings (SSSR count). The lowest BCUT2D eigenvalue weighted by atomic mass is 9.93. The van der Waals surface area contributed by atoms with Gasteiger partial charge in [-0.2, -0.15) is 0 Å². The van der Waals surface area contributed by atoms with E-state index < -0.39 is 11.9 Å². The van der Waals surface area contributed by atoms with Crippen molar-refractivity contribution in [1.29, 1.82) is 0 Å². The number of hydrogen-bond acceptors (Lipinski definition) is 2. The van der Waals surface area contributed by atoms with Crippen molar-refractivity contribution in [2.75, 3.05) is 6.54 Å². The smallest absolute Gasteiger partial charge is 0.255 e. The van der Waals surface area contributed by atoms with E-state index in [9.17, 15) is 9.59 Å². The van der Waals surface area contributed by atoms with E-state index in [1.165, 1.54) is 5.56 Å². The fourth-order valence-corrected chi connectivity index (χ4v) is 4.41. The highest BCUT2D eigenvalue weighted by molar-refractivity contribution is 6.03. The highest BCUT2D eigenvalue weighted by Gasteiger charge is 2.40. The summed E-state index contributed by atoms with van der Waals surface area (Å²) in [5.74, 6) is -0.701. The summed E-state index contributed by atoms with van der Waals surface area (Å²) in [5.41, 5.74) is 12.1. The van der Waals surface area contributed by atoms with E-state index in [0.29, 0.717) is 5.56 Å². The molecule has 0 bridgehead atoms. The highest BCUT2D eigenvalue weighted by Crippen LogP contribution is 2.45. The number of nitrogens with one attached hydrogen (secondary N) is 1. The number of aromatic nitrogens is 1. The molecule has 3 aromatic carbocycles. The van der Waals surface area contributed by atoms with Gasteiger partial charge in [0, 0.05) is 22.0 Å². The van der Waals surface area contributed by atoms with Gasteiger partial charge >= 0.3 is 0 Å². The van der Waals surface area contributed by atoms with Gasteiger partial charge in [0.15, 0.2) is 0 Å². The summed E-state index contributed by atoms with van der Waals surface area (Å²) in [6.07, 6.45) is 0. The summed E-state index contributed by atoms with van der Waals surface area (Å²) in [6.45, 7) is 1.92. The third-order valence-corrected chi connectivity index (χ3v) is 5.74. The van der Waals surface area contributed by atoms with Gasteiger partial charge in [0.05, 0.1) is 11.7 Å². The molecule has 4 aromatic rings. The average molecular weight is 395 g/mol. The van der Waals surface area contributed by atoms with Gasteiger partial charge in [-0.1, -0.05) is 66.2 Å². The van der Waals surface area contributed by atoms with Crippen molar-refractivity contribution in [3.63, 3.8) is 0 Å². The van der Waals surface area contributed by atoms with Crippen molar-refractivity contribution in [1.82, 2.24) is 9.88 Å². The van der Waals surface area contributed by atoms with Crippen LogP contribution in [0.1, 0.15) is 33.1 Å². The predicted octanol–water partition coefficient (Wildman–Crippen LogP) is 4.17. The van der Waals surface area contributed by atoms with Crippen LogP contribution < -0.4 is 5.73 Å². The number of benzene rings is 3. The number of fused-ring (bicyclic) bond motifs is 2. The number of aromatic amines is 1. The lowest BCUT2D eigenvalue weighted by molar-refractivity contribution is -0.118. The molecule has 0 saturated heterocycles. The first-order valence-electron chi connectivity index (χ1n) is 9.90. The van der Waals surface area contributed by atoms with Crippen molar-refractivity contribution in [2.45, 2.75) is 13.0 Å². The first-order chi connectivity index (χ1) is 14.5. The zero-order chi connectivity index (χ0) is 20.8. The van der Waals surface area contributed by atoms with Crippen molar-refractivity contribution in [3.05, 3.63) is 95.1 Å². The van der Waals surface area contributed by atoms with Crippen LogP contribution in [-0.4, -0.2) is 28.2 Å². The number of rotatable bonds is 4. The van der Waals surface area contributed by atoms with Gasteiger partial charge in [-0.3, -0.25) is 9.59 Å². The largest absolute Gasteiger partial charge is 0.368 e. The minimum absolute atomic E-state index is 0.134. The van der Waals surface area contributed by atoms with Crippen LogP contribution in [0.3, 0.4) is 0 Å². The third kappa shape index (κ3) is 2.78. The molecule has 3 N–H and O–H groups in total. The molecule has 0 spiro atoms. The van der Waals surface area contributed by atoms with E-state index >= 15 is 0 Å². The van der Waals surface area contributed by atoms with Crippen LogP contribution in [0.25, 0.3) is 22.2 Å². The van der Waals surface area contributed by atoms with E-state index in [2.05, 4.69) is 36.2 Å². The molecule has 0 radical (unpaired) electrons. The van der Waals surface area contributed by atoms with Crippen LogP contribution in [0.4, 0.5) is 0 Å². The Kier molecular flexibility index (Phi) is 4.17. The Bertz CT molecular complexity index is 1290. The monoisotopic (exact) mass is 395 g/mol. The molecule has 1 aliphatic rings. The van der Waals surface area contributed by atoms with Gasteiger partial charge < -0.3 is 15.6 Å². The fraction of sp³-hybridized carbons (Fsp3) is 0.120. The Morgan fingerprint density at radius 3 is 2.47 bits per heavy atom. The summed E-state index contributed by atoms with van der Waals surface area (Å²) in [7, 11) is 0. The SMILES string of the molecule is Cc1ccc(-c2[nH]c3ccccc3c2[C@@H]2c3ccccc3C(=O)N2CC(N)=O)cc1.